The molecule has 1 rings (SSSR count). The third kappa shape index (κ3) is 5.93. The summed E-state index contributed by atoms with van der Waals surface area (Å²) in [6.07, 6.45) is 1.55. The first-order valence-electron chi connectivity index (χ1n) is 5.79. The fourth-order valence-electron chi connectivity index (χ4n) is 1.38. The van der Waals surface area contributed by atoms with Crippen molar-refractivity contribution in [2.24, 2.45) is 0 Å². The van der Waals surface area contributed by atoms with Gasteiger partial charge in [-0.25, -0.2) is 0 Å². The Morgan fingerprint density at radius 1 is 1.53 bits per heavy atom. The van der Waals surface area contributed by atoms with E-state index < -0.39 is 6.29 Å². The van der Waals surface area contributed by atoms with Crippen molar-refractivity contribution >= 4 is 5.78 Å². The molecule has 0 radical (unpaired) electrons. The van der Waals surface area contributed by atoms with Crippen LogP contribution in [-0.2, 0) is 19.0 Å². The summed E-state index contributed by atoms with van der Waals surface area (Å²) in [6.45, 7) is 5.60. The van der Waals surface area contributed by atoms with E-state index in [-0.39, 0.29) is 25.3 Å². The lowest BCUT2D eigenvalue weighted by Gasteiger charge is -2.22. The van der Waals surface area contributed by atoms with E-state index in [1.807, 2.05) is 0 Å². The Bertz CT molecular complexity index is 258. The molecule has 2 atom stereocenters. The van der Waals surface area contributed by atoms with E-state index in [4.69, 9.17) is 14.2 Å². The van der Waals surface area contributed by atoms with Crippen LogP contribution < -0.4 is 0 Å². The van der Waals surface area contributed by atoms with Gasteiger partial charge in [-0.05, 0) is 31.8 Å². The second-order valence-corrected chi connectivity index (χ2v) is 4.16. The number of rotatable bonds is 7. The molecule has 0 amide bonds. The van der Waals surface area contributed by atoms with Crippen LogP contribution in [0.25, 0.3) is 0 Å². The molecule has 0 aliphatic carbocycles. The molecule has 1 fully saturated rings. The van der Waals surface area contributed by atoms with Crippen molar-refractivity contribution in [3.8, 4) is 0 Å². The fraction of sp³-hybridized carbons (Fsp3) is 0.750. The molecule has 98 valence electrons. The van der Waals surface area contributed by atoms with E-state index in [0.717, 1.165) is 19.3 Å². The Morgan fingerprint density at radius 3 is 2.88 bits per heavy atom. The van der Waals surface area contributed by atoms with Crippen LogP contribution in [0.1, 0.15) is 26.2 Å². The molecule has 2 unspecified atom stereocenters. The Kier molecular flexibility index (Phi) is 6.36. The number of hydrogen-bond acceptors (Lipinski definition) is 5. The van der Waals surface area contributed by atoms with Gasteiger partial charge in [0, 0.05) is 6.61 Å². The quantitative estimate of drug-likeness (QED) is 0.535. The molecule has 1 heterocycles. The summed E-state index contributed by atoms with van der Waals surface area (Å²) in [7, 11) is 0. The summed E-state index contributed by atoms with van der Waals surface area (Å²) < 4.78 is 15.5. The van der Waals surface area contributed by atoms with Crippen molar-refractivity contribution in [3.63, 3.8) is 0 Å². The lowest BCUT2D eigenvalue weighted by Crippen LogP contribution is -2.27. The average molecular weight is 244 g/mol. The highest BCUT2D eigenvalue weighted by atomic mass is 16.7. The highest BCUT2D eigenvalue weighted by molar-refractivity contribution is 5.80. The maximum atomic E-state index is 11.4. The first kappa shape index (κ1) is 14.3. The molecule has 0 saturated carbocycles. The normalized spacial score (nSPS) is 22.1. The highest BCUT2D eigenvalue weighted by Gasteiger charge is 2.16. The maximum Gasteiger partial charge on any atom is 0.184 e. The van der Waals surface area contributed by atoms with Gasteiger partial charge in [-0.1, -0.05) is 6.58 Å². The first-order chi connectivity index (χ1) is 8.09. The Labute approximate surface area is 101 Å². The van der Waals surface area contributed by atoms with Crippen molar-refractivity contribution in [1.29, 1.82) is 0 Å². The van der Waals surface area contributed by atoms with Gasteiger partial charge in [0.2, 0.25) is 0 Å². The van der Waals surface area contributed by atoms with Crippen LogP contribution in [0.4, 0.5) is 0 Å². The molecule has 0 aromatic carbocycles. The third-order valence-corrected chi connectivity index (χ3v) is 2.39. The van der Waals surface area contributed by atoms with Gasteiger partial charge in [0.1, 0.15) is 13.2 Å². The predicted octanol–water partition coefficient (Wildman–Crippen LogP) is 1.01. The zero-order chi connectivity index (χ0) is 12.7. The predicted molar refractivity (Wildman–Crippen MR) is 61.3 cm³/mol. The average Bonchev–Trinajstić information content (AvgIpc) is 2.34. The molecule has 1 aliphatic rings. The molecule has 1 aliphatic heterocycles. The Balaban J connectivity index is 2.10. The zero-order valence-electron chi connectivity index (χ0n) is 10.2. The van der Waals surface area contributed by atoms with Crippen molar-refractivity contribution in [3.05, 3.63) is 12.2 Å². The second-order valence-electron chi connectivity index (χ2n) is 4.16. The van der Waals surface area contributed by atoms with Crippen LogP contribution in [0, 0.1) is 0 Å². The van der Waals surface area contributed by atoms with E-state index in [1.165, 1.54) is 0 Å². The molecule has 1 N–H and O–H groups in total. The molecule has 0 aromatic heterocycles. The molecule has 17 heavy (non-hydrogen) atoms. The second kappa shape index (κ2) is 7.55. The smallest absolute Gasteiger partial charge is 0.184 e. The minimum atomic E-state index is -1.09. The maximum absolute atomic E-state index is 11.4. The van der Waals surface area contributed by atoms with Crippen LogP contribution in [0.2, 0.25) is 0 Å². The summed E-state index contributed by atoms with van der Waals surface area (Å²) in [4.78, 5) is 11.4. The van der Waals surface area contributed by atoms with Crippen LogP contribution in [0.15, 0.2) is 12.2 Å². The fourth-order valence-corrected chi connectivity index (χ4v) is 1.38. The van der Waals surface area contributed by atoms with Crippen molar-refractivity contribution in [2.45, 2.75) is 38.8 Å². The summed E-state index contributed by atoms with van der Waals surface area (Å²) >= 11 is 0. The standard InChI is InChI=1S/C12H20O5/c1-9(2)12(14)17-8-10(13)7-16-11-5-3-4-6-15-11/h11-12,14H,1,3-8H2,2H3. The van der Waals surface area contributed by atoms with Crippen LogP contribution in [-0.4, -0.2) is 43.3 Å². The lowest BCUT2D eigenvalue weighted by molar-refractivity contribution is -0.173. The van der Waals surface area contributed by atoms with Crippen LogP contribution >= 0.6 is 0 Å². The molecule has 5 heteroatoms. The number of carbonyl (C=O) groups is 1. The van der Waals surface area contributed by atoms with Gasteiger partial charge in [0.05, 0.1) is 0 Å². The van der Waals surface area contributed by atoms with Crippen molar-refractivity contribution < 1.29 is 24.1 Å². The minimum Gasteiger partial charge on any atom is -0.364 e. The van der Waals surface area contributed by atoms with Gasteiger partial charge >= 0.3 is 0 Å². The summed E-state index contributed by atoms with van der Waals surface area (Å²) in [5.41, 5.74) is 0.467. The van der Waals surface area contributed by atoms with Crippen molar-refractivity contribution in [1.82, 2.24) is 0 Å². The molecule has 0 spiro atoms. The number of hydrogen-bond donors (Lipinski definition) is 1. The lowest BCUT2D eigenvalue weighted by atomic mass is 10.2. The largest absolute Gasteiger partial charge is 0.364 e. The topological polar surface area (TPSA) is 65.0 Å². The van der Waals surface area contributed by atoms with Crippen LogP contribution in [0.5, 0.6) is 0 Å². The number of Topliss-reactive ketones (excluding diaryl/α,β-unsaturated/α-hetero) is 1. The number of ether oxygens (including phenoxy) is 3. The summed E-state index contributed by atoms with van der Waals surface area (Å²) in [5.74, 6) is -0.223. The number of aliphatic hydroxyl groups excluding tert-OH is 1. The third-order valence-electron chi connectivity index (χ3n) is 2.39. The molecule has 1 saturated heterocycles. The van der Waals surface area contributed by atoms with E-state index in [2.05, 4.69) is 6.58 Å². The molecule has 0 bridgehead atoms. The monoisotopic (exact) mass is 244 g/mol. The Morgan fingerprint density at radius 2 is 2.29 bits per heavy atom. The van der Waals surface area contributed by atoms with Gasteiger partial charge in [0.25, 0.3) is 0 Å². The number of carbonyl (C=O) groups excluding carboxylic acids is 1. The van der Waals surface area contributed by atoms with Gasteiger partial charge in [0.15, 0.2) is 18.4 Å². The number of ketones is 1. The molecular weight excluding hydrogens is 224 g/mol. The summed E-state index contributed by atoms with van der Waals surface area (Å²) in [5, 5.41) is 9.25. The minimum absolute atomic E-state index is 0.0480. The SMILES string of the molecule is C=C(C)C(O)OCC(=O)COC1CCCCO1. The summed E-state index contributed by atoms with van der Waals surface area (Å²) in [6, 6.07) is 0. The van der Waals surface area contributed by atoms with Gasteiger partial charge in [-0.2, -0.15) is 0 Å². The molecule has 0 aromatic rings. The van der Waals surface area contributed by atoms with Gasteiger partial charge in [-0.3, -0.25) is 4.79 Å². The van der Waals surface area contributed by atoms with E-state index >= 15 is 0 Å². The van der Waals surface area contributed by atoms with Crippen molar-refractivity contribution in [2.75, 3.05) is 19.8 Å². The van der Waals surface area contributed by atoms with E-state index in [0.29, 0.717) is 12.2 Å². The van der Waals surface area contributed by atoms with Crippen LogP contribution in [0.3, 0.4) is 0 Å². The van der Waals surface area contributed by atoms with Gasteiger partial charge in [-0.15, -0.1) is 0 Å². The molecule has 5 nitrogen and oxygen atoms in total. The first-order valence-corrected chi connectivity index (χ1v) is 5.79. The zero-order valence-corrected chi connectivity index (χ0v) is 10.2. The Hall–Kier alpha value is -0.750. The molecular formula is C12H20O5. The van der Waals surface area contributed by atoms with E-state index in [1.54, 1.807) is 6.92 Å². The van der Waals surface area contributed by atoms with Gasteiger partial charge < -0.3 is 19.3 Å². The highest BCUT2D eigenvalue weighted by Crippen LogP contribution is 2.13. The number of aliphatic hydroxyl groups is 1. The van der Waals surface area contributed by atoms with E-state index in [9.17, 15) is 9.90 Å².